The van der Waals surface area contributed by atoms with E-state index >= 15 is 0 Å². The topological polar surface area (TPSA) is 38.3 Å². The van der Waals surface area contributed by atoms with Crippen molar-refractivity contribution in [2.24, 2.45) is 0 Å². The van der Waals surface area contributed by atoms with Crippen molar-refractivity contribution >= 4 is 34.6 Å². The minimum absolute atomic E-state index is 0.337. The zero-order valence-electron chi connectivity index (χ0n) is 13.1. The summed E-state index contributed by atoms with van der Waals surface area (Å²) in [6.45, 7) is 0.641. The third-order valence-corrected chi connectivity index (χ3v) is 4.97. The summed E-state index contributed by atoms with van der Waals surface area (Å²) in [5.41, 5.74) is 2.94. The molecule has 122 valence electrons. The number of carbonyl (C=O) groups is 1. The first-order chi connectivity index (χ1) is 11.7. The summed E-state index contributed by atoms with van der Waals surface area (Å²) in [6.07, 6.45) is 0. The molecule has 5 heteroatoms. The van der Waals surface area contributed by atoms with Crippen molar-refractivity contribution in [3.8, 4) is 10.4 Å². The summed E-state index contributed by atoms with van der Waals surface area (Å²) < 4.78 is 4.91. The number of esters is 1. The van der Waals surface area contributed by atoms with E-state index in [4.69, 9.17) is 16.3 Å². The number of anilines is 1. The molecule has 0 saturated heterocycles. The number of rotatable bonds is 5. The molecule has 0 unspecified atom stereocenters. The SMILES string of the molecule is COC(=O)c1sc(-c2ccc(Cl)cc2)cc1NCc1ccccc1. The summed E-state index contributed by atoms with van der Waals surface area (Å²) >= 11 is 7.35. The summed E-state index contributed by atoms with van der Waals surface area (Å²) in [7, 11) is 1.39. The van der Waals surface area contributed by atoms with Crippen LogP contribution in [0.4, 0.5) is 5.69 Å². The van der Waals surface area contributed by atoms with Gasteiger partial charge in [-0.3, -0.25) is 0 Å². The first kappa shape index (κ1) is 16.6. The summed E-state index contributed by atoms with van der Waals surface area (Å²) in [5.74, 6) is -0.337. The molecule has 1 heterocycles. The van der Waals surface area contributed by atoms with Crippen LogP contribution >= 0.6 is 22.9 Å². The Hall–Kier alpha value is -2.30. The maximum Gasteiger partial charge on any atom is 0.350 e. The van der Waals surface area contributed by atoms with Gasteiger partial charge in [0.05, 0.1) is 12.8 Å². The van der Waals surface area contributed by atoms with Gasteiger partial charge in [-0.15, -0.1) is 11.3 Å². The molecule has 1 aromatic heterocycles. The fraction of sp³-hybridized carbons (Fsp3) is 0.105. The molecule has 0 aliphatic rings. The number of hydrogen-bond acceptors (Lipinski definition) is 4. The first-order valence-electron chi connectivity index (χ1n) is 7.43. The second-order valence-corrected chi connectivity index (χ2v) is 6.68. The Morgan fingerprint density at radius 3 is 2.50 bits per heavy atom. The van der Waals surface area contributed by atoms with Gasteiger partial charge in [0.1, 0.15) is 4.88 Å². The zero-order chi connectivity index (χ0) is 16.9. The summed E-state index contributed by atoms with van der Waals surface area (Å²) in [6, 6.07) is 19.6. The van der Waals surface area contributed by atoms with Gasteiger partial charge in [0.2, 0.25) is 0 Å². The minimum Gasteiger partial charge on any atom is -0.465 e. The van der Waals surface area contributed by atoms with E-state index in [2.05, 4.69) is 5.32 Å². The molecule has 3 rings (SSSR count). The van der Waals surface area contributed by atoms with Gasteiger partial charge in [0.15, 0.2) is 0 Å². The van der Waals surface area contributed by atoms with Crippen LogP contribution in [0.1, 0.15) is 15.2 Å². The predicted molar refractivity (Wildman–Crippen MR) is 99.9 cm³/mol. The molecule has 0 atom stereocenters. The monoisotopic (exact) mass is 357 g/mol. The van der Waals surface area contributed by atoms with Crippen molar-refractivity contribution in [1.82, 2.24) is 0 Å². The third-order valence-electron chi connectivity index (χ3n) is 3.56. The Morgan fingerprint density at radius 1 is 1.12 bits per heavy atom. The van der Waals surface area contributed by atoms with Crippen LogP contribution in [0.15, 0.2) is 60.7 Å². The Labute approximate surface area is 149 Å². The molecule has 2 aromatic carbocycles. The lowest BCUT2D eigenvalue weighted by molar-refractivity contribution is 0.0607. The molecule has 24 heavy (non-hydrogen) atoms. The van der Waals surface area contributed by atoms with Gasteiger partial charge in [-0.25, -0.2) is 4.79 Å². The molecule has 3 nitrogen and oxygen atoms in total. The van der Waals surface area contributed by atoms with Gasteiger partial charge in [-0.2, -0.15) is 0 Å². The molecule has 3 aromatic rings. The molecule has 0 fully saturated rings. The van der Waals surface area contributed by atoms with E-state index in [1.165, 1.54) is 18.4 Å². The Morgan fingerprint density at radius 2 is 1.83 bits per heavy atom. The highest BCUT2D eigenvalue weighted by Crippen LogP contribution is 2.36. The van der Waals surface area contributed by atoms with E-state index in [0.717, 1.165) is 21.7 Å². The quantitative estimate of drug-likeness (QED) is 0.615. The molecule has 0 bridgehead atoms. The van der Waals surface area contributed by atoms with Gasteiger partial charge in [-0.05, 0) is 29.3 Å². The van der Waals surface area contributed by atoms with Crippen molar-refractivity contribution in [2.75, 3.05) is 12.4 Å². The van der Waals surface area contributed by atoms with Crippen molar-refractivity contribution in [3.05, 3.63) is 76.1 Å². The number of methoxy groups -OCH3 is 1. The Kier molecular flexibility index (Phi) is 5.18. The summed E-state index contributed by atoms with van der Waals surface area (Å²) in [5, 5.41) is 4.02. The van der Waals surface area contributed by atoms with E-state index in [1.807, 2.05) is 60.7 Å². The largest absolute Gasteiger partial charge is 0.465 e. The Bertz CT molecular complexity index is 828. The third kappa shape index (κ3) is 3.78. The minimum atomic E-state index is -0.337. The van der Waals surface area contributed by atoms with Crippen LogP contribution in [0.3, 0.4) is 0 Å². The number of nitrogens with one attached hydrogen (secondary N) is 1. The number of ether oxygens (including phenoxy) is 1. The summed E-state index contributed by atoms with van der Waals surface area (Å²) in [4.78, 5) is 13.6. The highest BCUT2D eigenvalue weighted by molar-refractivity contribution is 7.18. The second kappa shape index (κ2) is 7.51. The number of benzene rings is 2. The highest BCUT2D eigenvalue weighted by Gasteiger charge is 2.17. The van der Waals surface area contributed by atoms with E-state index in [9.17, 15) is 4.79 Å². The van der Waals surface area contributed by atoms with E-state index in [0.29, 0.717) is 16.4 Å². The van der Waals surface area contributed by atoms with Crippen LogP contribution in [0.2, 0.25) is 5.02 Å². The smallest absolute Gasteiger partial charge is 0.350 e. The lowest BCUT2D eigenvalue weighted by Crippen LogP contribution is -2.05. The molecule has 0 aliphatic carbocycles. The normalized spacial score (nSPS) is 10.4. The van der Waals surface area contributed by atoms with Crippen LogP contribution in [-0.2, 0) is 11.3 Å². The average Bonchev–Trinajstić information content (AvgIpc) is 3.05. The van der Waals surface area contributed by atoms with Gasteiger partial charge < -0.3 is 10.1 Å². The average molecular weight is 358 g/mol. The van der Waals surface area contributed by atoms with Gasteiger partial charge in [0, 0.05) is 16.4 Å². The Balaban J connectivity index is 1.89. The first-order valence-corrected chi connectivity index (χ1v) is 8.62. The molecular weight excluding hydrogens is 342 g/mol. The van der Waals surface area contributed by atoms with Gasteiger partial charge >= 0.3 is 5.97 Å². The van der Waals surface area contributed by atoms with Crippen molar-refractivity contribution < 1.29 is 9.53 Å². The zero-order valence-corrected chi connectivity index (χ0v) is 14.7. The van der Waals surface area contributed by atoms with Crippen LogP contribution in [0.5, 0.6) is 0 Å². The van der Waals surface area contributed by atoms with Gasteiger partial charge in [0.25, 0.3) is 0 Å². The van der Waals surface area contributed by atoms with E-state index < -0.39 is 0 Å². The predicted octanol–water partition coefficient (Wildman–Crippen LogP) is 5.47. The molecule has 1 N–H and O–H groups in total. The maximum absolute atomic E-state index is 12.1. The molecule has 0 saturated carbocycles. The van der Waals surface area contributed by atoms with Crippen LogP contribution in [0, 0.1) is 0 Å². The number of halogens is 1. The molecule has 0 spiro atoms. The fourth-order valence-corrected chi connectivity index (χ4v) is 3.50. The molecule has 0 radical (unpaired) electrons. The molecule has 0 amide bonds. The fourth-order valence-electron chi connectivity index (χ4n) is 2.32. The second-order valence-electron chi connectivity index (χ2n) is 5.19. The van der Waals surface area contributed by atoms with E-state index in [1.54, 1.807) is 0 Å². The van der Waals surface area contributed by atoms with Crippen LogP contribution < -0.4 is 5.32 Å². The standard InChI is InChI=1S/C19H16ClNO2S/c1-23-19(22)18-16(21-12-13-5-3-2-4-6-13)11-17(24-18)14-7-9-15(20)10-8-14/h2-11,21H,12H2,1H3. The molecule has 0 aliphatic heterocycles. The number of thiophene rings is 1. The van der Waals surface area contributed by atoms with Gasteiger partial charge in [-0.1, -0.05) is 54.1 Å². The van der Waals surface area contributed by atoms with Crippen molar-refractivity contribution in [3.63, 3.8) is 0 Å². The van der Waals surface area contributed by atoms with Crippen molar-refractivity contribution in [1.29, 1.82) is 0 Å². The molecular formula is C19H16ClNO2S. The number of carbonyl (C=O) groups excluding carboxylic acids is 1. The number of hydrogen-bond donors (Lipinski definition) is 1. The van der Waals surface area contributed by atoms with Crippen LogP contribution in [-0.4, -0.2) is 13.1 Å². The highest BCUT2D eigenvalue weighted by atomic mass is 35.5. The van der Waals surface area contributed by atoms with Crippen LogP contribution in [0.25, 0.3) is 10.4 Å². The van der Waals surface area contributed by atoms with E-state index in [-0.39, 0.29) is 5.97 Å². The van der Waals surface area contributed by atoms with Crippen molar-refractivity contribution in [2.45, 2.75) is 6.54 Å². The lowest BCUT2D eigenvalue weighted by Gasteiger charge is -2.06. The maximum atomic E-state index is 12.1. The lowest BCUT2D eigenvalue weighted by atomic mass is 10.2.